The second-order valence-corrected chi connectivity index (χ2v) is 7.13. The Morgan fingerprint density at radius 3 is 2.64 bits per heavy atom. The zero-order chi connectivity index (χ0) is 19.2. The predicted molar refractivity (Wildman–Crippen MR) is 109 cm³/mol. The third kappa shape index (κ3) is 4.12. The molecule has 2 N–H and O–H groups in total. The van der Waals surface area contributed by atoms with Crippen molar-refractivity contribution in [3.8, 4) is 11.3 Å². The Bertz CT molecular complexity index is 888. The van der Waals surface area contributed by atoms with E-state index in [1.807, 2.05) is 42.6 Å². The molecule has 1 atom stereocenters. The number of carbonyl (C=O) groups excluding carboxylic acids is 1. The van der Waals surface area contributed by atoms with Crippen LogP contribution in [0.5, 0.6) is 0 Å². The second-order valence-electron chi connectivity index (χ2n) is 7.13. The minimum absolute atomic E-state index is 0.112. The topological polar surface area (TPSA) is 73.9 Å². The van der Waals surface area contributed by atoms with Gasteiger partial charge in [0.05, 0.1) is 23.5 Å². The van der Waals surface area contributed by atoms with E-state index in [1.165, 1.54) is 19.3 Å². The highest BCUT2D eigenvalue weighted by Gasteiger charge is 2.24. The van der Waals surface area contributed by atoms with Crippen molar-refractivity contribution in [3.05, 3.63) is 72.2 Å². The van der Waals surface area contributed by atoms with Gasteiger partial charge < -0.3 is 5.32 Å². The fraction of sp³-hybridized carbons (Fsp3) is 0.318. The zero-order valence-electron chi connectivity index (χ0n) is 15.8. The Hall–Kier alpha value is -2.99. The Morgan fingerprint density at radius 1 is 1.07 bits per heavy atom. The quantitative estimate of drug-likeness (QED) is 0.692. The van der Waals surface area contributed by atoms with Crippen LogP contribution in [0.2, 0.25) is 0 Å². The van der Waals surface area contributed by atoms with Crippen LogP contribution < -0.4 is 5.32 Å². The fourth-order valence-corrected chi connectivity index (χ4v) is 3.83. The van der Waals surface area contributed by atoms with Gasteiger partial charge in [0.15, 0.2) is 0 Å². The second kappa shape index (κ2) is 8.80. The van der Waals surface area contributed by atoms with Crippen LogP contribution in [-0.2, 0) is 0 Å². The van der Waals surface area contributed by atoms with Crippen LogP contribution in [0, 0.1) is 0 Å². The number of carbonyl (C=O) groups is 1. The van der Waals surface area contributed by atoms with Crippen molar-refractivity contribution >= 4 is 5.91 Å². The van der Waals surface area contributed by atoms with Crippen LogP contribution in [-0.4, -0.2) is 45.6 Å². The molecule has 4 rings (SSSR count). The maximum absolute atomic E-state index is 12.9. The molecular formula is C22H25N5O. The molecule has 0 radical (unpaired) electrons. The van der Waals surface area contributed by atoms with Crippen LogP contribution in [0.15, 0.2) is 61.1 Å². The van der Waals surface area contributed by atoms with Crippen LogP contribution in [0.3, 0.4) is 0 Å². The zero-order valence-corrected chi connectivity index (χ0v) is 15.8. The lowest BCUT2D eigenvalue weighted by Gasteiger charge is -2.34. The van der Waals surface area contributed by atoms with Gasteiger partial charge in [-0.3, -0.25) is 19.8 Å². The first-order valence-corrected chi connectivity index (χ1v) is 9.84. The minimum Gasteiger partial charge on any atom is -0.350 e. The van der Waals surface area contributed by atoms with E-state index in [1.54, 1.807) is 12.4 Å². The third-order valence-corrected chi connectivity index (χ3v) is 5.30. The van der Waals surface area contributed by atoms with Gasteiger partial charge in [0.2, 0.25) is 0 Å². The number of hydrogen-bond donors (Lipinski definition) is 2. The Balaban J connectivity index is 1.50. The van der Waals surface area contributed by atoms with Gasteiger partial charge in [-0.1, -0.05) is 42.8 Å². The van der Waals surface area contributed by atoms with Crippen molar-refractivity contribution < 1.29 is 4.79 Å². The molecule has 0 aliphatic carbocycles. The van der Waals surface area contributed by atoms with Gasteiger partial charge in [-0.25, -0.2) is 0 Å². The Morgan fingerprint density at radius 2 is 1.89 bits per heavy atom. The summed E-state index contributed by atoms with van der Waals surface area (Å²) in [5.41, 5.74) is 3.40. The summed E-state index contributed by atoms with van der Waals surface area (Å²) in [7, 11) is 0. The van der Waals surface area contributed by atoms with Crippen LogP contribution in [0.4, 0.5) is 0 Å². The number of piperidine rings is 1. The largest absolute Gasteiger partial charge is 0.350 e. The number of H-pyrrole nitrogens is 1. The van der Waals surface area contributed by atoms with Gasteiger partial charge in [-0.2, -0.15) is 5.10 Å². The van der Waals surface area contributed by atoms with E-state index in [4.69, 9.17) is 0 Å². The lowest BCUT2D eigenvalue weighted by atomic mass is 10.0. The summed E-state index contributed by atoms with van der Waals surface area (Å²) < 4.78 is 0. The summed E-state index contributed by atoms with van der Waals surface area (Å²) in [4.78, 5) is 19.6. The molecule has 1 fully saturated rings. The molecule has 1 amide bonds. The average Bonchev–Trinajstić information content (AvgIpc) is 3.26. The molecule has 0 saturated carbocycles. The summed E-state index contributed by atoms with van der Waals surface area (Å²) in [5.74, 6) is -0.112. The smallest absolute Gasteiger partial charge is 0.255 e. The molecule has 1 saturated heterocycles. The summed E-state index contributed by atoms with van der Waals surface area (Å²) in [6.07, 6.45) is 8.95. The first kappa shape index (κ1) is 18.4. The molecule has 6 nitrogen and oxygen atoms in total. The van der Waals surface area contributed by atoms with Crippen molar-refractivity contribution in [1.82, 2.24) is 25.4 Å². The molecule has 3 aromatic rings. The van der Waals surface area contributed by atoms with Crippen LogP contribution >= 0.6 is 0 Å². The van der Waals surface area contributed by atoms with Gasteiger partial charge >= 0.3 is 0 Å². The molecule has 1 aliphatic rings. The van der Waals surface area contributed by atoms with Crippen molar-refractivity contribution in [2.45, 2.75) is 25.3 Å². The van der Waals surface area contributed by atoms with Crippen molar-refractivity contribution in [1.29, 1.82) is 0 Å². The van der Waals surface area contributed by atoms with Gasteiger partial charge in [0, 0.05) is 24.5 Å². The molecular weight excluding hydrogens is 350 g/mol. The highest BCUT2D eigenvalue weighted by Crippen LogP contribution is 2.24. The molecule has 144 valence electrons. The lowest BCUT2D eigenvalue weighted by Crippen LogP contribution is -2.40. The molecule has 1 aliphatic heterocycles. The number of aromatic amines is 1. The van der Waals surface area contributed by atoms with E-state index in [0.717, 1.165) is 29.9 Å². The Labute approximate surface area is 165 Å². The van der Waals surface area contributed by atoms with Crippen molar-refractivity contribution in [2.75, 3.05) is 19.6 Å². The first-order chi connectivity index (χ1) is 13.8. The van der Waals surface area contributed by atoms with Crippen molar-refractivity contribution in [3.63, 3.8) is 0 Å². The highest BCUT2D eigenvalue weighted by molar-refractivity contribution is 5.99. The van der Waals surface area contributed by atoms with E-state index in [0.29, 0.717) is 12.1 Å². The third-order valence-electron chi connectivity index (χ3n) is 5.30. The number of rotatable bonds is 6. The first-order valence-electron chi connectivity index (χ1n) is 9.84. The standard InChI is InChI=1S/C22H25N5O/c28-22(19-15-25-26-21(19)17-8-3-1-4-9-17)24-16-20(18-10-7-11-23-14-18)27-12-5-2-6-13-27/h1,3-4,7-11,14-15,20H,2,5-6,12-13,16H2,(H,24,28)(H,25,26)/t20-/m1/s1. The molecule has 0 spiro atoms. The number of pyridine rings is 1. The van der Waals surface area contributed by atoms with E-state index in [9.17, 15) is 4.79 Å². The number of nitrogens with one attached hydrogen (secondary N) is 2. The predicted octanol–water partition coefficient (Wildman–Crippen LogP) is 3.43. The molecule has 3 heterocycles. The molecule has 1 aromatic carbocycles. The highest BCUT2D eigenvalue weighted by atomic mass is 16.1. The number of likely N-dealkylation sites (tertiary alicyclic amines) is 1. The molecule has 2 aromatic heterocycles. The molecule has 28 heavy (non-hydrogen) atoms. The SMILES string of the molecule is O=C(NC[C@H](c1cccnc1)N1CCCCC1)c1cn[nH]c1-c1ccccc1. The van der Waals surface area contributed by atoms with E-state index in [-0.39, 0.29) is 11.9 Å². The summed E-state index contributed by atoms with van der Waals surface area (Å²) >= 11 is 0. The fourth-order valence-electron chi connectivity index (χ4n) is 3.83. The van der Waals surface area contributed by atoms with Crippen LogP contribution in [0.1, 0.15) is 41.2 Å². The maximum atomic E-state index is 12.9. The maximum Gasteiger partial charge on any atom is 0.255 e. The normalized spacial score (nSPS) is 15.9. The van der Waals surface area contributed by atoms with Gasteiger partial charge in [-0.05, 0) is 37.6 Å². The van der Waals surface area contributed by atoms with E-state index < -0.39 is 0 Å². The number of aromatic nitrogens is 3. The van der Waals surface area contributed by atoms with Gasteiger partial charge in [-0.15, -0.1) is 0 Å². The number of benzene rings is 1. The van der Waals surface area contributed by atoms with Gasteiger partial charge in [0.1, 0.15) is 0 Å². The number of hydrogen-bond acceptors (Lipinski definition) is 4. The number of nitrogens with zero attached hydrogens (tertiary/aromatic N) is 3. The molecule has 0 unspecified atom stereocenters. The Kier molecular flexibility index (Phi) is 5.77. The summed E-state index contributed by atoms with van der Waals surface area (Å²) in [6, 6.07) is 14.0. The summed E-state index contributed by atoms with van der Waals surface area (Å²) in [5, 5.41) is 10.2. The average molecular weight is 375 g/mol. The lowest BCUT2D eigenvalue weighted by molar-refractivity contribution is 0.0925. The minimum atomic E-state index is -0.112. The van der Waals surface area contributed by atoms with Gasteiger partial charge in [0.25, 0.3) is 5.91 Å². The van der Waals surface area contributed by atoms with E-state index in [2.05, 4.69) is 31.5 Å². The van der Waals surface area contributed by atoms with Crippen LogP contribution in [0.25, 0.3) is 11.3 Å². The van der Waals surface area contributed by atoms with E-state index >= 15 is 0 Å². The number of amides is 1. The summed E-state index contributed by atoms with van der Waals surface area (Å²) in [6.45, 7) is 2.65. The monoisotopic (exact) mass is 375 g/mol. The molecule has 0 bridgehead atoms. The molecule has 6 heteroatoms. The van der Waals surface area contributed by atoms with Crippen molar-refractivity contribution in [2.24, 2.45) is 0 Å².